The van der Waals surface area contributed by atoms with Crippen molar-refractivity contribution in [1.82, 2.24) is 14.3 Å². The van der Waals surface area contributed by atoms with Gasteiger partial charge in [-0.25, -0.2) is 4.68 Å². The maximum absolute atomic E-state index is 13.7. The topological polar surface area (TPSA) is 93.1 Å². The van der Waals surface area contributed by atoms with Crippen LogP contribution >= 0.6 is 0 Å². The van der Waals surface area contributed by atoms with Crippen LogP contribution in [0.2, 0.25) is 0 Å². The van der Waals surface area contributed by atoms with Crippen LogP contribution in [-0.4, -0.2) is 33.9 Å². The maximum Gasteiger partial charge on any atom is 0.277 e. The third-order valence-electron chi connectivity index (χ3n) is 7.81. The van der Waals surface area contributed by atoms with Crippen LogP contribution in [0.3, 0.4) is 0 Å². The van der Waals surface area contributed by atoms with E-state index < -0.39 is 0 Å². The highest BCUT2D eigenvalue weighted by atomic mass is 16.5. The molecular weight excluding hydrogens is 478 g/mol. The average Bonchev–Trinajstić information content (AvgIpc) is 3.65. The van der Waals surface area contributed by atoms with E-state index in [4.69, 9.17) is 4.74 Å². The fourth-order valence-corrected chi connectivity index (χ4v) is 5.41. The number of hydrogen-bond acceptors (Lipinski definition) is 5. The summed E-state index contributed by atoms with van der Waals surface area (Å²) in [7, 11) is 1.60. The molecule has 0 unspecified atom stereocenters. The maximum atomic E-state index is 13.7. The number of methoxy groups -OCH3 is 1. The lowest BCUT2D eigenvalue weighted by Gasteiger charge is -2.28. The third-order valence-corrected chi connectivity index (χ3v) is 7.81. The molecule has 2 aromatic heterocycles. The largest absolute Gasteiger partial charge is 0.497 e. The number of ether oxygens (including phenoxy) is 1. The summed E-state index contributed by atoms with van der Waals surface area (Å²) in [4.78, 5) is 27.6. The molecule has 1 fully saturated rings. The van der Waals surface area contributed by atoms with Gasteiger partial charge in [0.05, 0.1) is 12.8 Å². The first-order valence-electron chi connectivity index (χ1n) is 12.8. The molecule has 1 aliphatic carbocycles. The second kappa shape index (κ2) is 9.34. The van der Waals surface area contributed by atoms with Crippen molar-refractivity contribution in [3.63, 3.8) is 0 Å². The third kappa shape index (κ3) is 4.06. The first kappa shape index (κ1) is 23.7. The molecule has 2 aromatic carbocycles. The molecule has 2 aliphatic rings. The number of fused-ring (bicyclic) bond motifs is 1. The molecule has 6 rings (SSSR count). The lowest BCUT2D eigenvalue weighted by Crippen LogP contribution is -2.38. The molecule has 0 spiro atoms. The molecule has 0 saturated heterocycles. The molecular formula is C30H27N5O3. The number of carbonyl (C=O) groups excluding carboxylic acids is 1. The van der Waals surface area contributed by atoms with Crippen molar-refractivity contribution in [2.24, 2.45) is 0 Å². The SMILES string of the molecule is COc1ccc(-n2nc(C#N)c3c2C(=O)N(c2ccc(C4(CCn5ccccc5=O)CC4)cc2)CC3)cc1. The molecule has 0 N–H and O–H groups in total. The highest BCUT2D eigenvalue weighted by Gasteiger charge is 2.43. The van der Waals surface area contributed by atoms with Crippen LogP contribution in [-0.2, 0) is 18.4 Å². The Hall–Kier alpha value is -4.64. The Morgan fingerprint density at radius 3 is 2.39 bits per heavy atom. The summed E-state index contributed by atoms with van der Waals surface area (Å²) < 4.78 is 8.58. The van der Waals surface area contributed by atoms with E-state index in [1.54, 1.807) is 45.5 Å². The van der Waals surface area contributed by atoms with Crippen molar-refractivity contribution >= 4 is 11.6 Å². The fraction of sp³-hybridized carbons (Fsp3) is 0.267. The smallest absolute Gasteiger partial charge is 0.277 e. The molecule has 1 saturated carbocycles. The summed E-state index contributed by atoms with van der Waals surface area (Å²) in [6.07, 6.45) is 5.49. The average molecular weight is 506 g/mol. The zero-order chi connectivity index (χ0) is 26.3. The van der Waals surface area contributed by atoms with Crippen LogP contribution in [0.25, 0.3) is 5.69 Å². The van der Waals surface area contributed by atoms with E-state index in [9.17, 15) is 14.9 Å². The van der Waals surface area contributed by atoms with E-state index in [1.165, 1.54) is 5.56 Å². The zero-order valence-corrected chi connectivity index (χ0v) is 21.1. The van der Waals surface area contributed by atoms with Crippen molar-refractivity contribution in [1.29, 1.82) is 5.26 Å². The van der Waals surface area contributed by atoms with Crippen LogP contribution in [0.1, 0.15) is 46.6 Å². The monoisotopic (exact) mass is 505 g/mol. The predicted octanol–water partition coefficient (Wildman–Crippen LogP) is 4.24. The van der Waals surface area contributed by atoms with Gasteiger partial charge in [0.15, 0.2) is 5.69 Å². The summed E-state index contributed by atoms with van der Waals surface area (Å²) in [5.74, 6) is 0.529. The minimum Gasteiger partial charge on any atom is -0.497 e. The highest BCUT2D eigenvalue weighted by molar-refractivity contribution is 6.07. The standard InChI is InChI=1S/C30H27N5O3/c1-38-24-11-9-23(10-12-24)35-28-25(26(20-31)32-35)13-18-34(29(28)37)22-7-5-21(6-8-22)30(14-15-30)16-19-33-17-3-2-4-27(33)36/h2-12,17H,13-16,18-19H2,1H3. The van der Waals surface area contributed by atoms with Gasteiger partial charge in [-0.15, -0.1) is 0 Å². The van der Waals surface area contributed by atoms with E-state index >= 15 is 0 Å². The molecule has 1 aliphatic heterocycles. The highest BCUT2D eigenvalue weighted by Crippen LogP contribution is 2.51. The van der Waals surface area contributed by atoms with E-state index in [2.05, 4.69) is 23.3 Å². The van der Waals surface area contributed by atoms with Gasteiger partial charge in [-0.2, -0.15) is 10.4 Å². The van der Waals surface area contributed by atoms with Gasteiger partial charge < -0.3 is 14.2 Å². The van der Waals surface area contributed by atoms with Crippen LogP contribution in [0, 0.1) is 11.3 Å². The predicted molar refractivity (Wildman–Crippen MR) is 143 cm³/mol. The number of aromatic nitrogens is 3. The second-order valence-corrected chi connectivity index (χ2v) is 9.91. The van der Waals surface area contributed by atoms with Crippen molar-refractivity contribution in [3.8, 4) is 17.5 Å². The minimum atomic E-state index is -0.173. The first-order chi connectivity index (χ1) is 18.5. The Morgan fingerprint density at radius 2 is 1.74 bits per heavy atom. The van der Waals surface area contributed by atoms with Gasteiger partial charge >= 0.3 is 0 Å². The molecule has 3 heterocycles. The molecule has 8 heteroatoms. The molecule has 8 nitrogen and oxygen atoms in total. The van der Waals surface area contributed by atoms with Crippen LogP contribution in [0.4, 0.5) is 5.69 Å². The summed E-state index contributed by atoms with van der Waals surface area (Å²) in [6, 6.07) is 22.9. The van der Waals surface area contributed by atoms with Gasteiger partial charge in [-0.3, -0.25) is 9.59 Å². The van der Waals surface area contributed by atoms with Crippen LogP contribution in [0.5, 0.6) is 5.75 Å². The van der Waals surface area contributed by atoms with E-state index in [0.717, 1.165) is 24.9 Å². The lowest BCUT2D eigenvalue weighted by atomic mass is 9.92. The number of nitriles is 1. The van der Waals surface area contributed by atoms with Gasteiger partial charge in [0.25, 0.3) is 5.91 Å². The van der Waals surface area contributed by atoms with Crippen molar-refractivity contribution in [2.75, 3.05) is 18.6 Å². The molecule has 38 heavy (non-hydrogen) atoms. The normalized spacial score (nSPS) is 15.6. The van der Waals surface area contributed by atoms with Crippen molar-refractivity contribution in [2.45, 2.75) is 37.6 Å². The molecule has 4 aromatic rings. The zero-order valence-electron chi connectivity index (χ0n) is 21.1. The van der Waals surface area contributed by atoms with Crippen molar-refractivity contribution in [3.05, 3.63) is 106 Å². The summed E-state index contributed by atoms with van der Waals surface area (Å²) >= 11 is 0. The van der Waals surface area contributed by atoms with Gasteiger partial charge in [0, 0.05) is 36.6 Å². The van der Waals surface area contributed by atoms with E-state index in [0.29, 0.717) is 42.2 Å². The van der Waals surface area contributed by atoms with Gasteiger partial charge in [0.2, 0.25) is 5.56 Å². The van der Waals surface area contributed by atoms with Crippen LogP contribution in [0.15, 0.2) is 77.7 Å². The minimum absolute atomic E-state index is 0.0232. The van der Waals surface area contributed by atoms with Gasteiger partial charge in [0.1, 0.15) is 17.5 Å². The van der Waals surface area contributed by atoms with Crippen LogP contribution < -0.4 is 15.2 Å². The molecule has 0 radical (unpaired) electrons. The quantitative estimate of drug-likeness (QED) is 0.375. The van der Waals surface area contributed by atoms with Gasteiger partial charge in [-0.05, 0) is 79.1 Å². The Balaban J connectivity index is 1.25. The summed E-state index contributed by atoms with van der Waals surface area (Å²) in [6.45, 7) is 1.17. The fourth-order valence-electron chi connectivity index (χ4n) is 5.41. The number of benzene rings is 2. The summed E-state index contributed by atoms with van der Waals surface area (Å²) in [5.41, 5.74) is 4.26. The molecule has 0 bridgehead atoms. The number of nitrogens with zero attached hydrogens (tertiary/aromatic N) is 5. The number of anilines is 1. The van der Waals surface area contributed by atoms with Crippen molar-refractivity contribution < 1.29 is 9.53 Å². The Bertz CT molecular complexity index is 1610. The van der Waals surface area contributed by atoms with E-state index in [1.807, 2.05) is 36.5 Å². The number of amides is 1. The van der Waals surface area contributed by atoms with Gasteiger partial charge in [-0.1, -0.05) is 18.2 Å². The Labute approximate surface area is 220 Å². The molecule has 1 amide bonds. The number of carbonyl (C=O) groups is 1. The number of pyridine rings is 1. The number of rotatable bonds is 7. The van der Waals surface area contributed by atoms with E-state index in [-0.39, 0.29) is 22.6 Å². The number of hydrogen-bond donors (Lipinski definition) is 0. The first-order valence-corrected chi connectivity index (χ1v) is 12.8. The lowest BCUT2D eigenvalue weighted by molar-refractivity contribution is 0.0973. The summed E-state index contributed by atoms with van der Waals surface area (Å²) in [5, 5.41) is 14.1. The number of aryl methyl sites for hydroxylation is 1. The molecule has 190 valence electrons. The Morgan fingerprint density at radius 1 is 1.00 bits per heavy atom. The Kier molecular flexibility index (Phi) is 5.84. The second-order valence-electron chi connectivity index (χ2n) is 9.91. The molecule has 0 atom stereocenters.